The topological polar surface area (TPSA) is 0 Å². The maximum absolute atomic E-state index is 3.44. The molecule has 0 nitrogen and oxygen atoms in total. The Kier molecular flexibility index (Phi) is 4.96. The molecule has 0 fully saturated rings. The minimum atomic E-state index is 0. The number of benzene rings is 2. The van der Waals surface area contributed by atoms with Crippen LogP contribution in [0.2, 0.25) is 0 Å². The van der Waals surface area contributed by atoms with Crippen molar-refractivity contribution in [3.63, 3.8) is 0 Å². The van der Waals surface area contributed by atoms with Gasteiger partial charge in [0, 0.05) is 11.0 Å². The molecule has 2 heteroatoms. The lowest BCUT2D eigenvalue weighted by molar-refractivity contribution is 1.25. The van der Waals surface area contributed by atoms with Gasteiger partial charge < -0.3 is 0 Å². The third kappa shape index (κ3) is 2.44. The molecule has 0 aromatic heterocycles. The lowest BCUT2D eigenvalue weighted by Gasteiger charge is -2.07. The summed E-state index contributed by atoms with van der Waals surface area (Å²) in [5, 5.41) is 2.63. The molecule has 0 saturated carbocycles. The lowest BCUT2D eigenvalue weighted by Crippen LogP contribution is -1.84. The minimum Gasteiger partial charge on any atom is -0.0616 e. The van der Waals surface area contributed by atoms with Crippen molar-refractivity contribution < 1.29 is 0 Å². The van der Waals surface area contributed by atoms with E-state index in [9.17, 15) is 0 Å². The molecule has 0 amide bonds. The molecule has 0 bridgehead atoms. The molecule has 0 atom stereocenters. The van der Waals surface area contributed by atoms with E-state index >= 15 is 0 Å². The fourth-order valence-electron chi connectivity index (χ4n) is 1.83. The molecule has 0 spiro atoms. The maximum atomic E-state index is 3.44. The smallest absolute Gasteiger partial charge is 0 e. The van der Waals surface area contributed by atoms with Crippen molar-refractivity contribution in [2.45, 2.75) is 13.3 Å². The summed E-state index contributed by atoms with van der Waals surface area (Å²) in [5.41, 5.74) is 2.67. The van der Waals surface area contributed by atoms with Gasteiger partial charge in [0.05, 0.1) is 0 Å². The molecule has 0 saturated heterocycles. The zero-order chi connectivity index (χ0) is 10.7. The van der Waals surface area contributed by atoms with E-state index in [1.165, 1.54) is 21.9 Å². The van der Waals surface area contributed by atoms with Crippen molar-refractivity contribution in [2.24, 2.45) is 0 Å². The van der Waals surface area contributed by atoms with Crippen LogP contribution in [0.5, 0.6) is 0 Å². The van der Waals surface area contributed by atoms with Crippen LogP contribution in [0.1, 0.15) is 18.9 Å². The van der Waals surface area contributed by atoms with Gasteiger partial charge in [-0.3, -0.25) is 0 Å². The highest BCUT2D eigenvalue weighted by molar-refractivity contribution is 9.11. The molecule has 0 aliphatic carbocycles. The van der Waals surface area contributed by atoms with Gasteiger partial charge in [0.15, 0.2) is 0 Å². The molecule has 0 unspecified atom stereocenters. The van der Waals surface area contributed by atoms with Crippen LogP contribution in [0.15, 0.2) is 47.4 Å². The molecule has 2 aromatic carbocycles. The van der Waals surface area contributed by atoms with Gasteiger partial charge in [0.25, 0.3) is 0 Å². The molecule has 2 aromatic rings. The molecular formula is C14H13BrSi. The number of halogens is 1. The molecule has 16 heavy (non-hydrogen) atoms. The second-order valence-electron chi connectivity index (χ2n) is 3.51. The van der Waals surface area contributed by atoms with E-state index in [4.69, 9.17) is 0 Å². The zero-order valence-electron chi connectivity index (χ0n) is 9.20. The molecule has 0 N–H and O–H groups in total. The third-order valence-corrected chi connectivity index (χ3v) is 3.20. The minimum absolute atomic E-state index is 0. The highest BCUT2D eigenvalue weighted by Gasteiger charge is 2.03. The Hall–Kier alpha value is -0.863. The highest BCUT2D eigenvalue weighted by Crippen LogP contribution is 2.27. The first-order valence-electron chi connectivity index (χ1n) is 5.14. The van der Waals surface area contributed by atoms with Gasteiger partial charge in [-0.25, -0.2) is 0 Å². The second-order valence-corrected chi connectivity index (χ2v) is 3.97. The first-order chi connectivity index (χ1) is 7.36. The number of rotatable bonds is 2. The fourth-order valence-corrected chi connectivity index (χ4v) is 2.40. The summed E-state index contributed by atoms with van der Waals surface area (Å²) in [7, 11) is 0. The second kappa shape index (κ2) is 6.02. The molecule has 2 rings (SSSR count). The van der Waals surface area contributed by atoms with Crippen LogP contribution >= 0.6 is 15.9 Å². The first-order valence-corrected chi connectivity index (χ1v) is 6.05. The van der Waals surface area contributed by atoms with Gasteiger partial charge in [-0.05, 0) is 33.3 Å². The molecule has 0 aliphatic rings. The van der Waals surface area contributed by atoms with E-state index in [1.54, 1.807) is 0 Å². The Morgan fingerprint density at radius 2 is 1.81 bits per heavy atom. The van der Waals surface area contributed by atoms with Gasteiger partial charge in [0.2, 0.25) is 0 Å². The number of allylic oxidation sites excluding steroid dienone is 1. The number of fused-ring (bicyclic) bond motifs is 1. The van der Waals surface area contributed by atoms with Crippen molar-refractivity contribution in [1.82, 2.24) is 0 Å². The maximum Gasteiger partial charge on any atom is 0 e. The van der Waals surface area contributed by atoms with E-state index in [1.807, 2.05) is 4.99 Å². The van der Waals surface area contributed by atoms with Gasteiger partial charge in [-0.1, -0.05) is 65.3 Å². The summed E-state index contributed by atoms with van der Waals surface area (Å²) in [6, 6.07) is 14.9. The summed E-state index contributed by atoms with van der Waals surface area (Å²) in [6.45, 7) is 2.18. The Balaban J connectivity index is 0.00000128. The quantitative estimate of drug-likeness (QED) is 0.708. The number of hydrogen-bond acceptors (Lipinski definition) is 0. The largest absolute Gasteiger partial charge is 0.0616 e. The van der Waals surface area contributed by atoms with Crippen LogP contribution in [-0.2, 0) is 0 Å². The molecule has 80 valence electrons. The van der Waals surface area contributed by atoms with E-state index in [2.05, 4.69) is 65.3 Å². The van der Waals surface area contributed by atoms with Crippen molar-refractivity contribution >= 4 is 43.2 Å². The Labute approximate surface area is 110 Å². The molecule has 0 heterocycles. The van der Waals surface area contributed by atoms with E-state index in [0.29, 0.717) is 0 Å². The Morgan fingerprint density at radius 1 is 1.12 bits per heavy atom. The van der Waals surface area contributed by atoms with Crippen molar-refractivity contribution in [3.05, 3.63) is 53.0 Å². The van der Waals surface area contributed by atoms with Crippen LogP contribution in [-0.4, -0.2) is 11.0 Å². The van der Waals surface area contributed by atoms with Crippen LogP contribution in [0.3, 0.4) is 0 Å². The predicted octanol–water partition coefficient (Wildman–Crippen LogP) is 4.60. The molecular weight excluding hydrogens is 276 g/mol. The summed E-state index contributed by atoms with van der Waals surface area (Å²) < 4.78 is 0. The van der Waals surface area contributed by atoms with Crippen molar-refractivity contribution in [3.8, 4) is 0 Å². The Morgan fingerprint density at radius 3 is 2.50 bits per heavy atom. The van der Waals surface area contributed by atoms with Crippen LogP contribution in [0, 0.1) is 0 Å². The monoisotopic (exact) mass is 288 g/mol. The van der Waals surface area contributed by atoms with E-state index < -0.39 is 0 Å². The van der Waals surface area contributed by atoms with Crippen molar-refractivity contribution in [1.29, 1.82) is 0 Å². The van der Waals surface area contributed by atoms with Crippen LogP contribution in [0.25, 0.3) is 16.3 Å². The third-order valence-electron chi connectivity index (χ3n) is 2.65. The zero-order valence-corrected chi connectivity index (χ0v) is 11.8. The number of hydrogen-bond donors (Lipinski definition) is 0. The Bertz CT molecular complexity index is 498. The standard InChI is InChI=1S/C14H13Br.Si/c1-2-11(10-15)13-9-5-7-12-6-3-4-8-14(12)13;/h3-10H,2H2,1H3;. The summed E-state index contributed by atoms with van der Waals surface area (Å²) in [5.74, 6) is 0. The SMILES string of the molecule is CCC(=CBr)c1cccc2ccccc12.[Si]. The average molecular weight is 289 g/mol. The van der Waals surface area contributed by atoms with E-state index in [-0.39, 0.29) is 11.0 Å². The highest BCUT2D eigenvalue weighted by atomic mass is 79.9. The first kappa shape index (κ1) is 13.2. The average Bonchev–Trinajstić information content (AvgIpc) is 2.31. The summed E-state index contributed by atoms with van der Waals surface area (Å²) in [4.78, 5) is 2.02. The lowest BCUT2D eigenvalue weighted by atomic mass is 9.98. The predicted molar refractivity (Wildman–Crippen MR) is 76.9 cm³/mol. The normalized spacial score (nSPS) is 11.2. The van der Waals surface area contributed by atoms with Crippen LogP contribution in [0.4, 0.5) is 0 Å². The van der Waals surface area contributed by atoms with Gasteiger partial charge in [-0.15, -0.1) is 0 Å². The summed E-state index contributed by atoms with van der Waals surface area (Å²) >= 11 is 3.44. The summed E-state index contributed by atoms with van der Waals surface area (Å²) in [6.07, 6.45) is 1.04. The van der Waals surface area contributed by atoms with Gasteiger partial charge in [-0.2, -0.15) is 0 Å². The van der Waals surface area contributed by atoms with Crippen molar-refractivity contribution in [2.75, 3.05) is 0 Å². The molecule has 0 aliphatic heterocycles. The van der Waals surface area contributed by atoms with Crippen LogP contribution < -0.4 is 0 Å². The van der Waals surface area contributed by atoms with E-state index in [0.717, 1.165) is 6.42 Å². The van der Waals surface area contributed by atoms with Gasteiger partial charge >= 0.3 is 0 Å². The van der Waals surface area contributed by atoms with Gasteiger partial charge in [0.1, 0.15) is 0 Å². The molecule has 4 radical (unpaired) electrons. The fraction of sp³-hybridized carbons (Fsp3) is 0.143.